The lowest BCUT2D eigenvalue weighted by Crippen LogP contribution is -2.54. The van der Waals surface area contributed by atoms with Crippen molar-refractivity contribution in [1.29, 1.82) is 0 Å². The maximum atomic E-state index is 13.8. The first-order valence-electron chi connectivity index (χ1n) is 12.6. The predicted octanol–water partition coefficient (Wildman–Crippen LogP) is 5.79. The van der Waals surface area contributed by atoms with E-state index in [-0.39, 0.29) is 17.6 Å². The normalized spacial score (nSPS) is 12.0. The Hall–Kier alpha value is -3.25. The number of aryl methyl sites for hydroxylation is 1. The largest absolute Gasteiger partial charge is 0.497 e. The number of amides is 2. The molecule has 0 bridgehead atoms. The van der Waals surface area contributed by atoms with Gasteiger partial charge in [-0.1, -0.05) is 72.3 Å². The summed E-state index contributed by atoms with van der Waals surface area (Å²) in [5, 5.41) is 3.11. The zero-order valence-corrected chi connectivity index (χ0v) is 23.3. The summed E-state index contributed by atoms with van der Waals surface area (Å²) in [4.78, 5) is 29.1. The molecule has 0 aliphatic carbocycles. The fraction of sp³-hybridized carbons (Fsp3) is 0.355. The summed E-state index contributed by atoms with van der Waals surface area (Å²) >= 11 is 1.57. The molecule has 0 heterocycles. The van der Waals surface area contributed by atoms with Crippen LogP contribution >= 0.6 is 11.8 Å². The van der Waals surface area contributed by atoms with E-state index >= 15 is 0 Å². The van der Waals surface area contributed by atoms with Gasteiger partial charge in [0.05, 0.1) is 12.9 Å². The van der Waals surface area contributed by atoms with Crippen LogP contribution in [0.15, 0.2) is 78.9 Å². The third-order valence-electron chi connectivity index (χ3n) is 5.83. The molecule has 3 aromatic rings. The number of nitrogens with zero attached hydrogens (tertiary/aromatic N) is 1. The summed E-state index contributed by atoms with van der Waals surface area (Å²) < 4.78 is 5.40. The highest BCUT2D eigenvalue weighted by molar-refractivity contribution is 7.99. The average Bonchev–Trinajstić information content (AvgIpc) is 2.86. The summed E-state index contributed by atoms with van der Waals surface area (Å²) in [6.45, 7) is 8.25. The molecule has 3 aromatic carbocycles. The molecule has 3 rings (SSSR count). The SMILES string of the molecule is COc1cccc(CN(C(=O)CSCc2cccc(C)c2)C(Cc2ccccc2)C(=O)NC(C)(C)C)c1. The number of thioether (sulfide) groups is 1. The Kier molecular flexibility index (Phi) is 10.2. The third kappa shape index (κ3) is 9.29. The van der Waals surface area contributed by atoms with Crippen molar-refractivity contribution in [3.8, 4) is 5.75 Å². The van der Waals surface area contributed by atoms with Crippen LogP contribution in [0.3, 0.4) is 0 Å². The molecule has 37 heavy (non-hydrogen) atoms. The molecule has 5 nitrogen and oxygen atoms in total. The molecule has 0 spiro atoms. The van der Waals surface area contributed by atoms with Gasteiger partial charge in [0.2, 0.25) is 11.8 Å². The van der Waals surface area contributed by atoms with Crippen LogP contribution in [-0.2, 0) is 28.3 Å². The molecule has 0 radical (unpaired) electrons. The van der Waals surface area contributed by atoms with Crippen LogP contribution in [0.2, 0.25) is 0 Å². The molecule has 6 heteroatoms. The Labute approximate surface area is 225 Å². The van der Waals surface area contributed by atoms with Crippen molar-refractivity contribution in [2.24, 2.45) is 0 Å². The van der Waals surface area contributed by atoms with E-state index in [1.165, 1.54) is 11.1 Å². The second kappa shape index (κ2) is 13.3. The van der Waals surface area contributed by atoms with Gasteiger partial charge in [0.1, 0.15) is 11.8 Å². The lowest BCUT2D eigenvalue weighted by molar-refractivity contribution is -0.140. The average molecular weight is 519 g/mol. The molecule has 1 unspecified atom stereocenters. The van der Waals surface area contributed by atoms with Crippen molar-refractivity contribution in [2.45, 2.75) is 58.0 Å². The first kappa shape index (κ1) is 28.3. The highest BCUT2D eigenvalue weighted by Gasteiger charge is 2.32. The van der Waals surface area contributed by atoms with E-state index in [4.69, 9.17) is 4.74 Å². The molecule has 196 valence electrons. The van der Waals surface area contributed by atoms with E-state index in [0.717, 1.165) is 22.6 Å². The number of benzene rings is 3. The van der Waals surface area contributed by atoms with Crippen molar-refractivity contribution >= 4 is 23.6 Å². The molecule has 1 N–H and O–H groups in total. The number of ether oxygens (including phenoxy) is 1. The Balaban J connectivity index is 1.89. The molecule has 0 saturated heterocycles. The highest BCUT2D eigenvalue weighted by atomic mass is 32.2. The van der Waals surface area contributed by atoms with Gasteiger partial charge in [-0.25, -0.2) is 0 Å². The van der Waals surface area contributed by atoms with Gasteiger partial charge in [0.25, 0.3) is 0 Å². The first-order chi connectivity index (χ1) is 17.6. The van der Waals surface area contributed by atoms with E-state index in [0.29, 0.717) is 13.0 Å². The van der Waals surface area contributed by atoms with Crippen LogP contribution in [0.4, 0.5) is 0 Å². The molecule has 0 aliphatic heterocycles. The van der Waals surface area contributed by atoms with Crippen LogP contribution in [-0.4, -0.2) is 41.2 Å². The molecular weight excluding hydrogens is 480 g/mol. The van der Waals surface area contributed by atoms with Crippen LogP contribution < -0.4 is 10.1 Å². The van der Waals surface area contributed by atoms with Gasteiger partial charge in [-0.3, -0.25) is 9.59 Å². The van der Waals surface area contributed by atoms with Gasteiger partial charge >= 0.3 is 0 Å². The van der Waals surface area contributed by atoms with Gasteiger partial charge in [0, 0.05) is 24.3 Å². The van der Waals surface area contributed by atoms with Gasteiger partial charge < -0.3 is 15.0 Å². The summed E-state index contributed by atoms with van der Waals surface area (Å²) in [5.41, 5.74) is 3.89. The number of nitrogens with one attached hydrogen (secondary N) is 1. The Morgan fingerprint density at radius 1 is 0.919 bits per heavy atom. The molecule has 2 amide bonds. The third-order valence-corrected chi connectivity index (χ3v) is 6.82. The number of hydrogen-bond donors (Lipinski definition) is 1. The Morgan fingerprint density at radius 3 is 2.27 bits per heavy atom. The molecule has 1 atom stereocenters. The summed E-state index contributed by atoms with van der Waals surface area (Å²) in [5.74, 6) is 1.52. The maximum Gasteiger partial charge on any atom is 0.243 e. The van der Waals surface area contributed by atoms with Crippen molar-refractivity contribution in [3.05, 3.63) is 101 Å². The number of carbonyl (C=O) groups is 2. The van der Waals surface area contributed by atoms with E-state index in [9.17, 15) is 9.59 Å². The number of hydrogen-bond acceptors (Lipinski definition) is 4. The van der Waals surface area contributed by atoms with Crippen molar-refractivity contribution in [2.75, 3.05) is 12.9 Å². The summed E-state index contributed by atoms with van der Waals surface area (Å²) in [7, 11) is 1.62. The minimum atomic E-state index is -0.653. The van der Waals surface area contributed by atoms with E-state index < -0.39 is 11.6 Å². The maximum absolute atomic E-state index is 13.8. The second-order valence-electron chi connectivity index (χ2n) is 10.3. The molecule has 0 fully saturated rings. The smallest absolute Gasteiger partial charge is 0.243 e. The first-order valence-corrected chi connectivity index (χ1v) is 13.7. The fourth-order valence-electron chi connectivity index (χ4n) is 4.12. The lowest BCUT2D eigenvalue weighted by atomic mass is 10.0. The minimum absolute atomic E-state index is 0.0644. The topological polar surface area (TPSA) is 58.6 Å². The van der Waals surface area contributed by atoms with Crippen molar-refractivity contribution in [1.82, 2.24) is 10.2 Å². The number of rotatable bonds is 11. The monoisotopic (exact) mass is 518 g/mol. The molecule has 0 aliphatic rings. The van der Waals surface area contributed by atoms with E-state index in [2.05, 4.69) is 30.4 Å². The number of carbonyl (C=O) groups excluding carboxylic acids is 2. The molecular formula is C31H38N2O3S. The minimum Gasteiger partial charge on any atom is -0.497 e. The zero-order valence-electron chi connectivity index (χ0n) is 22.5. The molecule has 0 saturated carbocycles. The number of methoxy groups -OCH3 is 1. The highest BCUT2D eigenvalue weighted by Crippen LogP contribution is 2.21. The van der Waals surface area contributed by atoms with Gasteiger partial charge in [-0.15, -0.1) is 11.8 Å². The van der Waals surface area contributed by atoms with Gasteiger partial charge in [-0.05, 0) is 56.5 Å². The summed E-state index contributed by atoms with van der Waals surface area (Å²) in [6.07, 6.45) is 0.432. The second-order valence-corrected chi connectivity index (χ2v) is 11.3. The van der Waals surface area contributed by atoms with Crippen LogP contribution in [0, 0.1) is 6.92 Å². The van der Waals surface area contributed by atoms with Gasteiger partial charge in [0.15, 0.2) is 0 Å². The van der Waals surface area contributed by atoms with Gasteiger partial charge in [-0.2, -0.15) is 0 Å². The van der Waals surface area contributed by atoms with E-state index in [1.54, 1.807) is 23.8 Å². The Morgan fingerprint density at radius 2 is 1.59 bits per heavy atom. The van der Waals surface area contributed by atoms with Crippen molar-refractivity contribution in [3.63, 3.8) is 0 Å². The lowest BCUT2D eigenvalue weighted by Gasteiger charge is -2.34. The van der Waals surface area contributed by atoms with Crippen molar-refractivity contribution < 1.29 is 14.3 Å². The molecule has 0 aromatic heterocycles. The quantitative estimate of drug-likeness (QED) is 0.349. The fourth-order valence-corrected chi connectivity index (χ4v) is 4.97. The Bertz CT molecular complexity index is 1170. The van der Waals surface area contributed by atoms with Crippen LogP contribution in [0.1, 0.15) is 43.0 Å². The van der Waals surface area contributed by atoms with Crippen LogP contribution in [0.25, 0.3) is 0 Å². The van der Waals surface area contributed by atoms with E-state index in [1.807, 2.05) is 81.4 Å². The van der Waals surface area contributed by atoms with Crippen LogP contribution in [0.5, 0.6) is 5.75 Å². The zero-order chi connectivity index (χ0) is 26.8. The summed E-state index contributed by atoms with van der Waals surface area (Å²) in [6, 6.07) is 25.2. The predicted molar refractivity (Wildman–Crippen MR) is 153 cm³/mol. The standard InChI is InChI=1S/C31H38N2O3S/c1-23-11-9-15-26(17-23)21-37-22-29(34)33(20-25-14-10-16-27(18-25)36-5)28(30(35)32-31(2,3)4)19-24-12-7-6-8-13-24/h6-18,28H,19-22H2,1-5H3,(H,32,35).